The lowest BCUT2D eigenvalue weighted by molar-refractivity contribution is -0.137. The molecule has 3 N–H and O–H groups in total. The summed E-state index contributed by atoms with van der Waals surface area (Å²) >= 11 is 1.39. The fraction of sp³-hybridized carbons (Fsp3) is 0.333. The first-order chi connectivity index (χ1) is 20.2. The Bertz CT molecular complexity index is 1660. The third kappa shape index (κ3) is 6.03. The van der Waals surface area contributed by atoms with Crippen molar-refractivity contribution in [1.82, 2.24) is 9.97 Å². The summed E-state index contributed by atoms with van der Waals surface area (Å²) in [5.41, 5.74) is 1.93. The van der Waals surface area contributed by atoms with Gasteiger partial charge in [0, 0.05) is 47.1 Å². The summed E-state index contributed by atoms with van der Waals surface area (Å²) in [6.45, 7) is 3.10. The van der Waals surface area contributed by atoms with Crippen molar-refractivity contribution < 1.29 is 22.8 Å². The fourth-order valence-corrected chi connectivity index (χ4v) is 5.96. The van der Waals surface area contributed by atoms with Gasteiger partial charge < -0.3 is 20.9 Å². The Morgan fingerprint density at radius 2 is 1.76 bits per heavy atom. The molecule has 2 aromatic heterocycles. The summed E-state index contributed by atoms with van der Waals surface area (Å²) in [6, 6.07) is 8.83. The number of amides is 2. The van der Waals surface area contributed by atoms with Gasteiger partial charge in [0.1, 0.15) is 12.1 Å². The van der Waals surface area contributed by atoms with Gasteiger partial charge in [-0.15, -0.1) is 11.3 Å². The number of carbonyl (C=O) groups is 2. The van der Waals surface area contributed by atoms with Gasteiger partial charge in [0.15, 0.2) is 0 Å². The van der Waals surface area contributed by atoms with Gasteiger partial charge in [-0.25, -0.2) is 9.97 Å². The topological polar surface area (TPSA) is 99.2 Å². The van der Waals surface area contributed by atoms with Crippen LogP contribution in [0.3, 0.4) is 0 Å². The Balaban J connectivity index is 1.22. The summed E-state index contributed by atoms with van der Waals surface area (Å²) in [5.74, 6) is -0.324. The van der Waals surface area contributed by atoms with Crippen LogP contribution in [0.4, 0.5) is 36.1 Å². The van der Waals surface area contributed by atoms with Gasteiger partial charge in [0.25, 0.3) is 11.8 Å². The van der Waals surface area contributed by atoms with E-state index in [4.69, 9.17) is 0 Å². The van der Waals surface area contributed by atoms with E-state index < -0.39 is 17.6 Å². The maximum atomic E-state index is 13.7. The minimum absolute atomic E-state index is 0.0865. The van der Waals surface area contributed by atoms with Crippen LogP contribution in [0, 0.1) is 6.92 Å². The number of nitrogens with zero attached hydrogens (tertiary/aromatic N) is 3. The third-order valence-corrected chi connectivity index (χ3v) is 8.46. The van der Waals surface area contributed by atoms with Crippen LogP contribution >= 0.6 is 11.3 Å². The number of benzene rings is 2. The molecule has 2 aromatic carbocycles. The highest BCUT2D eigenvalue weighted by Crippen LogP contribution is 2.35. The number of alkyl halides is 3. The maximum Gasteiger partial charge on any atom is 0.416 e. The van der Waals surface area contributed by atoms with Gasteiger partial charge in [0.2, 0.25) is 0 Å². The third-order valence-electron chi connectivity index (χ3n) is 7.49. The monoisotopic (exact) mass is 594 g/mol. The van der Waals surface area contributed by atoms with E-state index in [9.17, 15) is 22.8 Å². The number of hydrogen-bond acceptors (Lipinski definition) is 7. The normalized spacial score (nSPS) is 15.5. The molecule has 0 atom stereocenters. The number of halogens is 3. The minimum Gasteiger partial charge on any atom is -0.372 e. The standard InChI is InChI=1S/C30H29F3N6O2S/c1-17-5-6-21(37-28(40)18-11-19(30(31,32)33)13-22(12-18)39-9-3-2-4-10-39)14-24(17)38-29(41)23-15-42-26-25(23)34-16-35-27(26)36-20-7-8-20/h5-6,11-16,20H,2-4,7-10H2,1H3,(H,37,40)(H,38,41)(H,34,35,36). The first kappa shape index (κ1) is 28.0. The highest BCUT2D eigenvalue weighted by molar-refractivity contribution is 7.18. The van der Waals surface area contributed by atoms with E-state index in [2.05, 4.69) is 25.9 Å². The van der Waals surface area contributed by atoms with Gasteiger partial charge in [0.05, 0.1) is 21.3 Å². The zero-order valence-corrected chi connectivity index (χ0v) is 23.7. The number of aryl methyl sites for hydroxylation is 1. The molecule has 1 aliphatic carbocycles. The van der Waals surface area contributed by atoms with E-state index in [0.717, 1.165) is 54.5 Å². The number of nitrogens with one attached hydrogen (secondary N) is 3. The van der Waals surface area contributed by atoms with Gasteiger partial charge >= 0.3 is 6.18 Å². The Morgan fingerprint density at radius 1 is 0.976 bits per heavy atom. The second-order valence-corrected chi connectivity index (χ2v) is 11.6. The van der Waals surface area contributed by atoms with Crippen LogP contribution in [0.5, 0.6) is 0 Å². The zero-order chi connectivity index (χ0) is 29.4. The molecule has 42 heavy (non-hydrogen) atoms. The molecule has 0 bridgehead atoms. The number of carbonyl (C=O) groups excluding carboxylic acids is 2. The summed E-state index contributed by atoms with van der Waals surface area (Å²) in [7, 11) is 0. The number of piperidine rings is 1. The van der Waals surface area contributed by atoms with Crippen LogP contribution in [0.15, 0.2) is 48.1 Å². The molecule has 4 aromatic rings. The van der Waals surface area contributed by atoms with Crippen molar-refractivity contribution in [3.8, 4) is 0 Å². The first-order valence-corrected chi connectivity index (χ1v) is 14.7. The number of aromatic nitrogens is 2. The van der Waals surface area contributed by atoms with Gasteiger partial charge in [-0.1, -0.05) is 6.07 Å². The zero-order valence-electron chi connectivity index (χ0n) is 22.8. The second kappa shape index (κ2) is 11.2. The van der Waals surface area contributed by atoms with Crippen LogP contribution in [-0.2, 0) is 6.18 Å². The van der Waals surface area contributed by atoms with Crippen LogP contribution in [0.25, 0.3) is 10.2 Å². The molecule has 0 radical (unpaired) electrons. The van der Waals surface area contributed by atoms with E-state index in [1.165, 1.54) is 23.7 Å². The number of hydrogen-bond donors (Lipinski definition) is 3. The molecular formula is C30H29F3N6O2S. The first-order valence-electron chi connectivity index (χ1n) is 13.8. The lowest BCUT2D eigenvalue weighted by atomic mass is 10.0. The Labute approximate surface area is 244 Å². The lowest BCUT2D eigenvalue weighted by Crippen LogP contribution is -2.30. The number of thiophene rings is 1. The molecule has 1 saturated heterocycles. The number of anilines is 4. The van der Waals surface area contributed by atoms with Crippen LogP contribution in [-0.4, -0.2) is 40.9 Å². The Morgan fingerprint density at radius 3 is 2.50 bits per heavy atom. The SMILES string of the molecule is Cc1ccc(NC(=O)c2cc(N3CCCCC3)cc(C(F)(F)F)c2)cc1NC(=O)c1csc2c(NC3CC3)ncnc12. The van der Waals surface area contributed by atoms with Crippen LogP contribution < -0.4 is 20.9 Å². The van der Waals surface area contributed by atoms with E-state index >= 15 is 0 Å². The van der Waals surface area contributed by atoms with Crippen LogP contribution in [0.2, 0.25) is 0 Å². The molecule has 2 fully saturated rings. The minimum atomic E-state index is -4.59. The van der Waals surface area contributed by atoms with E-state index in [-0.39, 0.29) is 11.5 Å². The summed E-state index contributed by atoms with van der Waals surface area (Å²) < 4.78 is 42.0. The summed E-state index contributed by atoms with van der Waals surface area (Å²) in [4.78, 5) is 37.0. The predicted molar refractivity (Wildman–Crippen MR) is 159 cm³/mol. The number of rotatable bonds is 7. The average molecular weight is 595 g/mol. The highest BCUT2D eigenvalue weighted by atomic mass is 32.1. The second-order valence-electron chi connectivity index (χ2n) is 10.7. The van der Waals surface area contributed by atoms with Crippen molar-refractivity contribution in [2.45, 2.75) is 51.2 Å². The molecule has 0 unspecified atom stereocenters. The summed E-state index contributed by atoms with van der Waals surface area (Å²) in [6.07, 6.45) is 1.83. The van der Waals surface area contributed by atoms with Crippen molar-refractivity contribution in [2.24, 2.45) is 0 Å². The molecular weight excluding hydrogens is 565 g/mol. The van der Waals surface area contributed by atoms with Gasteiger partial charge in [-0.05, 0) is 74.9 Å². The smallest absolute Gasteiger partial charge is 0.372 e. The van der Waals surface area contributed by atoms with E-state index in [0.29, 0.717) is 53.1 Å². The molecule has 1 aliphatic heterocycles. The molecule has 2 amide bonds. The van der Waals surface area contributed by atoms with Crippen molar-refractivity contribution in [3.63, 3.8) is 0 Å². The van der Waals surface area contributed by atoms with E-state index in [1.807, 2.05) is 11.8 Å². The van der Waals surface area contributed by atoms with Crippen molar-refractivity contribution in [1.29, 1.82) is 0 Å². The van der Waals surface area contributed by atoms with Crippen LogP contribution in [0.1, 0.15) is 63.9 Å². The molecule has 0 spiro atoms. The number of fused-ring (bicyclic) bond motifs is 1. The van der Waals surface area contributed by atoms with E-state index in [1.54, 1.807) is 23.6 Å². The van der Waals surface area contributed by atoms with Gasteiger partial charge in [-0.3, -0.25) is 9.59 Å². The lowest BCUT2D eigenvalue weighted by Gasteiger charge is -2.29. The molecule has 6 rings (SSSR count). The highest BCUT2D eigenvalue weighted by Gasteiger charge is 2.32. The molecule has 1 saturated carbocycles. The van der Waals surface area contributed by atoms with Gasteiger partial charge in [-0.2, -0.15) is 13.2 Å². The Hall–Kier alpha value is -4.19. The molecule has 2 aliphatic rings. The molecule has 12 heteroatoms. The Kier molecular flexibility index (Phi) is 7.48. The predicted octanol–water partition coefficient (Wildman–Crippen LogP) is 7.09. The largest absolute Gasteiger partial charge is 0.416 e. The van der Waals surface area contributed by atoms with Crippen molar-refractivity contribution >= 4 is 56.2 Å². The maximum absolute atomic E-state index is 13.7. The molecule has 3 heterocycles. The average Bonchev–Trinajstić information content (AvgIpc) is 3.68. The van der Waals surface area contributed by atoms with Crippen molar-refractivity contribution in [2.75, 3.05) is 33.9 Å². The molecule has 8 nitrogen and oxygen atoms in total. The quantitative estimate of drug-likeness (QED) is 0.211. The summed E-state index contributed by atoms with van der Waals surface area (Å²) in [5, 5.41) is 10.7. The fourth-order valence-electron chi connectivity index (χ4n) is 5.00. The van der Waals surface area contributed by atoms with Crippen molar-refractivity contribution in [3.05, 3.63) is 70.4 Å². The molecule has 218 valence electrons.